The first-order valence-corrected chi connectivity index (χ1v) is 8.84. The van der Waals surface area contributed by atoms with Crippen molar-refractivity contribution in [3.05, 3.63) is 47.5 Å². The summed E-state index contributed by atoms with van der Waals surface area (Å²) in [4.78, 5) is 4.65. The average molecular weight is 454 g/mol. The standard InChI is InChI=1S/C18H26N6.HI/c1-2-19-18(20-13-15-9-5-3-6-10-15)21-14-17-23-22-16-11-7-4-8-12-24(16)17;/h3,5-6,9-10H,2,4,7-8,11-14H2,1H3,(H2,19,20,21);1H. The molecule has 25 heavy (non-hydrogen) atoms. The van der Waals surface area contributed by atoms with E-state index in [4.69, 9.17) is 0 Å². The van der Waals surface area contributed by atoms with Crippen LogP contribution in [0.25, 0.3) is 0 Å². The smallest absolute Gasteiger partial charge is 0.191 e. The molecule has 3 rings (SSSR count). The van der Waals surface area contributed by atoms with Crippen molar-refractivity contribution in [2.45, 2.75) is 52.2 Å². The third kappa shape index (κ3) is 5.69. The molecule has 0 fully saturated rings. The molecule has 7 heteroatoms. The van der Waals surface area contributed by atoms with Crippen LogP contribution in [0, 0.1) is 0 Å². The number of aryl methyl sites for hydroxylation is 1. The van der Waals surface area contributed by atoms with Crippen molar-refractivity contribution in [2.75, 3.05) is 6.54 Å². The number of hydrogen-bond donors (Lipinski definition) is 2. The van der Waals surface area contributed by atoms with E-state index in [1.165, 1.54) is 24.8 Å². The van der Waals surface area contributed by atoms with Crippen molar-refractivity contribution in [3.63, 3.8) is 0 Å². The summed E-state index contributed by atoms with van der Waals surface area (Å²) < 4.78 is 2.26. The van der Waals surface area contributed by atoms with Crippen LogP contribution in [-0.4, -0.2) is 27.3 Å². The van der Waals surface area contributed by atoms with Crippen molar-refractivity contribution in [3.8, 4) is 0 Å². The Labute approximate surface area is 166 Å². The highest BCUT2D eigenvalue weighted by Gasteiger charge is 2.14. The molecular weight excluding hydrogens is 427 g/mol. The Morgan fingerprint density at radius 1 is 1.12 bits per heavy atom. The first-order chi connectivity index (χ1) is 11.9. The lowest BCUT2D eigenvalue weighted by molar-refractivity contribution is 0.596. The number of nitrogens with one attached hydrogen (secondary N) is 2. The molecule has 0 atom stereocenters. The summed E-state index contributed by atoms with van der Waals surface area (Å²) in [6, 6.07) is 10.3. The second-order valence-corrected chi connectivity index (χ2v) is 6.03. The third-order valence-electron chi connectivity index (χ3n) is 4.21. The Morgan fingerprint density at radius 2 is 1.96 bits per heavy atom. The molecule has 6 nitrogen and oxygen atoms in total. The normalized spacial score (nSPS) is 14.2. The molecule has 0 saturated carbocycles. The molecule has 1 aromatic carbocycles. The number of halogens is 1. The SMILES string of the molecule is CCNC(=NCc1ccccc1)NCc1nnc2n1CCCCC2.I. The summed E-state index contributed by atoms with van der Waals surface area (Å²) in [7, 11) is 0. The molecule has 1 aromatic heterocycles. The molecular formula is C18H27IN6. The van der Waals surface area contributed by atoms with Crippen molar-refractivity contribution in [1.82, 2.24) is 25.4 Å². The van der Waals surface area contributed by atoms with Gasteiger partial charge >= 0.3 is 0 Å². The Balaban J connectivity index is 0.00000225. The molecule has 0 bridgehead atoms. The van der Waals surface area contributed by atoms with Gasteiger partial charge < -0.3 is 15.2 Å². The Kier molecular flexibility index (Phi) is 8.17. The molecule has 2 aromatic rings. The third-order valence-corrected chi connectivity index (χ3v) is 4.21. The Morgan fingerprint density at radius 3 is 2.76 bits per heavy atom. The fourth-order valence-electron chi connectivity index (χ4n) is 2.93. The monoisotopic (exact) mass is 454 g/mol. The fraction of sp³-hybridized carbons (Fsp3) is 0.500. The number of hydrogen-bond acceptors (Lipinski definition) is 3. The van der Waals surface area contributed by atoms with Gasteiger partial charge in [-0.05, 0) is 25.3 Å². The predicted octanol–water partition coefficient (Wildman–Crippen LogP) is 2.88. The number of nitrogens with zero attached hydrogens (tertiary/aromatic N) is 4. The molecule has 136 valence electrons. The van der Waals surface area contributed by atoms with Crippen molar-refractivity contribution < 1.29 is 0 Å². The number of aliphatic imine (C=N–C) groups is 1. The second-order valence-electron chi connectivity index (χ2n) is 6.03. The number of fused-ring (bicyclic) bond motifs is 1. The summed E-state index contributed by atoms with van der Waals surface area (Å²) >= 11 is 0. The van der Waals surface area contributed by atoms with E-state index >= 15 is 0 Å². The van der Waals surface area contributed by atoms with Crippen LogP contribution in [-0.2, 0) is 26.1 Å². The molecule has 0 unspecified atom stereocenters. The molecule has 0 amide bonds. The zero-order chi connectivity index (χ0) is 16.6. The number of rotatable bonds is 5. The van der Waals surface area contributed by atoms with E-state index in [0.717, 1.165) is 37.1 Å². The van der Waals surface area contributed by atoms with Gasteiger partial charge in [-0.3, -0.25) is 0 Å². The zero-order valence-electron chi connectivity index (χ0n) is 14.7. The van der Waals surface area contributed by atoms with E-state index in [1.807, 2.05) is 18.2 Å². The van der Waals surface area contributed by atoms with Gasteiger partial charge in [0.05, 0.1) is 13.1 Å². The van der Waals surface area contributed by atoms with E-state index < -0.39 is 0 Å². The van der Waals surface area contributed by atoms with Crippen LogP contribution in [0.4, 0.5) is 0 Å². The summed E-state index contributed by atoms with van der Waals surface area (Å²) in [6.45, 7) is 5.24. The van der Waals surface area contributed by atoms with E-state index in [1.54, 1.807) is 0 Å². The summed E-state index contributed by atoms with van der Waals surface area (Å²) in [6.07, 6.45) is 4.74. The maximum Gasteiger partial charge on any atom is 0.191 e. The lowest BCUT2D eigenvalue weighted by Crippen LogP contribution is -2.37. The van der Waals surface area contributed by atoms with E-state index in [9.17, 15) is 0 Å². The lowest BCUT2D eigenvalue weighted by atomic mass is 10.2. The van der Waals surface area contributed by atoms with Gasteiger partial charge in [0.25, 0.3) is 0 Å². The molecule has 1 aliphatic rings. The van der Waals surface area contributed by atoms with Gasteiger partial charge in [-0.1, -0.05) is 36.8 Å². The average Bonchev–Trinajstić information content (AvgIpc) is 2.85. The minimum Gasteiger partial charge on any atom is -0.357 e. The van der Waals surface area contributed by atoms with Gasteiger partial charge in [-0.15, -0.1) is 34.2 Å². The molecule has 0 radical (unpaired) electrons. The second kappa shape index (κ2) is 10.4. The molecule has 2 heterocycles. The van der Waals surface area contributed by atoms with Crippen LogP contribution >= 0.6 is 24.0 Å². The maximum absolute atomic E-state index is 4.65. The Hall–Kier alpha value is -1.64. The van der Waals surface area contributed by atoms with Crippen LogP contribution in [0.5, 0.6) is 0 Å². The maximum atomic E-state index is 4.65. The summed E-state index contributed by atoms with van der Waals surface area (Å²) in [5.74, 6) is 2.93. The van der Waals surface area contributed by atoms with Gasteiger partial charge in [0.1, 0.15) is 5.82 Å². The van der Waals surface area contributed by atoms with Crippen molar-refractivity contribution in [2.24, 2.45) is 4.99 Å². The van der Waals surface area contributed by atoms with Crippen LogP contribution in [0.1, 0.15) is 43.4 Å². The van der Waals surface area contributed by atoms with Gasteiger partial charge in [0.15, 0.2) is 11.8 Å². The lowest BCUT2D eigenvalue weighted by Gasteiger charge is -2.12. The first kappa shape index (κ1) is 19.7. The van der Waals surface area contributed by atoms with Crippen molar-refractivity contribution >= 4 is 29.9 Å². The fourth-order valence-corrected chi connectivity index (χ4v) is 2.93. The Bertz CT molecular complexity index is 667. The summed E-state index contributed by atoms with van der Waals surface area (Å²) in [5.41, 5.74) is 1.20. The van der Waals surface area contributed by atoms with Gasteiger partial charge in [-0.25, -0.2) is 4.99 Å². The minimum absolute atomic E-state index is 0. The van der Waals surface area contributed by atoms with Gasteiger partial charge in [0, 0.05) is 19.5 Å². The number of benzene rings is 1. The number of guanidine groups is 1. The van der Waals surface area contributed by atoms with Crippen LogP contribution in [0.2, 0.25) is 0 Å². The largest absolute Gasteiger partial charge is 0.357 e. The van der Waals surface area contributed by atoms with E-state index in [-0.39, 0.29) is 24.0 Å². The molecule has 0 saturated heterocycles. The number of aromatic nitrogens is 3. The quantitative estimate of drug-likeness (QED) is 0.414. The van der Waals surface area contributed by atoms with Crippen LogP contribution < -0.4 is 10.6 Å². The molecule has 0 spiro atoms. The molecule has 1 aliphatic heterocycles. The minimum atomic E-state index is 0. The highest BCUT2D eigenvalue weighted by atomic mass is 127. The first-order valence-electron chi connectivity index (χ1n) is 8.84. The van der Waals surface area contributed by atoms with Crippen LogP contribution in [0.3, 0.4) is 0 Å². The predicted molar refractivity (Wildman–Crippen MR) is 111 cm³/mol. The van der Waals surface area contributed by atoms with E-state index in [2.05, 4.69) is 49.4 Å². The summed E-state index contributed by atoms with van der Waals surface area (Å²) in [5, 5.41) is 15.4. The topological polar surface area (TPSA) is 67.1 Å². The highest BCUT2D eigenvalue weighted by molar-refractivity contribution is 14.0. The van der Waals surface area contributed by atoms with Crippen LogP contribution in [0.15, 0.2) is 35.3 Å². The van der Waals surface area contributed by atoms with Gasteiger partial charge in [0.2, 0.25) is 0 Å². The van der Waals surface area contributed by atoms with Crippen molar-refractivity contribution in [1.29, 1.82) is 0 Å². The molecule has 0 aliphatic carbocycles. The molecule has 2 N–H and O–H groups in total. The van der Waals surface area contributed by atoms with Gasteiger partial charge in [-0.2, -0.15) is 0 Å². The van der Waals surface area contributed by atoms with E-state index in [0.29, 0.717) is 13.1 Å². The highest BCUT2D eigenvalue weighted by Crippen LogP contribution is 2.14. The zero-order valence-corrected chi connectivity index (χ0v) is 17.1.